The van der Waals surface area contributed by atoms with E-state index in [1.165, 1.54) is 46.4 Å². The number of nitriles is 1. The average molecular weight is 1240 g/mol. The molecule has 0 bridgehead atoms. The molecule has 8 aromatic rings. The van der Waals surface area contributed by atoms with Crippen LogP contribution in [0.4, 0.5) is 20.4 Å². The highest BCUT2D eigenvalue weighted by atomic mass is 35.5. The van der Waals surface area contributed by atoms with Crippen LogP contribution in [-0.4, -0.2) is 118 Å². The predicted molar refractivity (Wildman–Crippen MR) is 340 cm³/mol. The first-order valence-electron chi connectivity index (χ1n) is 28.5. The maximum absolute atomic E-state index is 15.0. The molecule has 0 unspecified atom stereocenters. The minimum absolute atomic E-state index is 0.000613. The van der Waals surface area contributed by atoms with E-state index in [2.05, 4.69) is 23.1 Å². The highest BCUT2D eigenvalue weighted by molar-refractivity contribution is 6.34. The van der Waals surface area contributed by atoms with Crippen LogP contribution >= 0.6 is 23.2 Å². The molecular formula is C66H67Cl2F2N11O7. The number of rotatable bonds is 12. The number of nitrogens with zero attached hydrogens (tertiary/aromatic N) is 11. The van der Waals surface area contributed by atoms with Crippen LogP contribution in [0, 0.1) is 36.8 Å². The van der Waals surface area contributed by atoms with E-state index in [-0.39, 0.29) is 91.8 Å². The summed E-state index contributed by atoms with van der Waals surface area (Å²) in [5, 5.41) is 28.3. The van der Waals surface area contributed by atoms with Crippen molar-refractivity contribution in [2.45, 2.75) is 92.8 Å². The number of carbonyl (C=O) groups is 3. The Morgan fingerprint density at radius 2 is 1.07 bits per heavy atom. The standard InChI is InChI=1S/C32H31ClFN5O4.C32H33ClFN5O3.C2H3N/c1-6-26(40)37-11-12-38(19(5)16-37)29-23-15-24(33)27(21-9-7-8-10-25(21)34)35-30(23)39(32(43)36-29)28-18(4)13-20(31(41)42)14-22(28)17(2)3;1-6-27(41)37-11-12-38(20(5)16-37)30-24-15-25(33)28(22-9-7-8-10-26(22)34)35-31(24)39(32(42)36-30)29-19(4)13-21(17-40)14-23(29)18(2)3;1-2-3/h6-10,13-15,17,19H,1,11-12,16H2,2-5H3,(H,41,42);6-10,13-15,18,20,40H,1,11-12,16-17H2,2-5H3;1H3/t19-;20-;/m00./s1. The van der Waals surface area contributed by atoms with Crippen molar-refractivity contribution in [2.75, 3.05) is 49.1 Å². The van der Waals surface area contributed by atoms with Crippen molar-refractivity contribution in [3.8, 4) is 40.0 Å². The van der Waals surface area contributed by atoms with Gasteiger partial charge in [-0.15, -0.1) is 0 Å². The number of carboxylic acids is 1. The number of halogens is 4. The molecule has 0 aliphatic carbocycles. The molecule has 88 heavy (non-hydrogen) atoms. The number of benzene rings is 4. The third-order valence-corrected chi connectivity index (χ3v) is 16.0. The number of aromatic nitrogens is 6. The molecule has 0 spiro atoms. The van der Waals surface area contributed by atoms with Crippen LogP contribution in [0.25, 0.3) is 56.0 Å². The van der Waals surface area contributed by atoms with Gasteiger partial charge in [0.05, 0.1) is 61.8 Å². The molecular weight excluding hydrogens is 1170 g/mol. The molecule has 2 N–H and O–H groups in total. The molecule has 6 heterocycles. The Kier molecular flexibility index (Phi) is 20.1. The van der Waals surface area contributed by atoms with Gasteiger partial charge in [0.2, 0.25) is 11.8 Å². The monoisotopic (exact) mass is 1230 g/mol. The number of aromatic carboxylic acids is 1. The molecule has 2 aliphatic rings. The van der Waals surface area contributed by atoms with Crippen LogP contribution in [0.15, 0.2) is 120 Å². The van der Waals surface area contributed by atoms with Gasteiger partial charge in [0, 0.05) is 69.4 Å². The minimum atomic E-state index is -1.09. The second-order valence-electron chi connectivity index (χ2n) is 22.1. The largest absolute Gasteiger partial charge is 0.478 e. The lowest BCUT2D eigenvalue weighted by Gasteiger charge is -2.40. The fourth-order valence-corrected chi connectivity index (χ4v) is 11.8. The molecule has 2 atom stereocenters. The normalized spacial score (nSPS) is 14.9. The molecule has 18 nitrogen and oxygen atoms in total. The van der Waals surface area contributed by atoms with Crippen LogP contribution in [0.3, 0.4) is 0 Å². The summed E-state index contributed by atoms with van der Waals surface area (Å²) in [6.07, 6.45) is 2.57. The van der Waals surface area contributed by atoms with E-state index < -0.39 is 29.0 Å². The predicted octanol–water partition coefficient (Wildman–Crippen LogP) is 11.5. The number of aliphatic hydroxyl groups is 1. The van der Waals surface area contributed by atoms with E-state index >= 15 is 0 Å². The van der Waals surface area contributed by atoms with Crippen molar-refractivity contribution in [3.05, 3.63) is 186 Å². The van der Waals surface area contributed by atoms with Crippen molar-refractivity contribution >= 4 is 74.7 Å². The smallest absolute Gasteiger partial charge is 0.355 e. The van der Waals surface area contributed by atoms with Gasteiger partial charge in [0.15, 0.2) is 11.3 Å². The van der Waals surface area contributed by atoms with Gasteiger partial charge >= 0.3 is 17.3 Å². The Bertz CT molecular complexity index is 4260. The Balaban J connectivity index is 0.000000218. The maximum Gasteiger partial charge on any atom is 0.355 e. The van der Waals surface area contributed by atoms with Crippen molar-refractivity contribution < 1.29 is 33.4 Å². The molecule has 2 aliphatic heterocycles. The third kappa shape index (κ3) is 12.9. The Morgan fingerprint density at radius 1 is 0.670 bits per heavy atom. The quantitative estimate of drug-likeness (QED) is 0.109. The van der Waals surface area contributed by atoms with E-state index in [0.29, 0.717) is 84.2 Å². The lowest BCUT2D eigenvalue weighted by molar-refractivity contribution is -0.127. The summed E-state index contributed by atoms with van der Waals surface area (Å²) in [5.74, 6) is -1.86. The summed E-state index contributed by atoms with van der Waals surface area (Å²) in [4.78, 5) is 90.6. The number of aliphatic hydroxyl groups excluding tert-OH is 1. The Morgan fingerprint density at radius 3 is 1.43 bits per heavy atom. The second kappa shape index (κ2) is 27.3. The molecule has 2 amide bonds. The van der Waals surface area contributed by atoms with Gasteiger partial charge in [-0.3, -0.25) is 9.59 Å². The van der Waals surface area contributed by atoms with Gasteiger partial charge in [-0.05, 0) is 128 Å². The Labute approximate surface area is 517 Å². The summed E-state index contributed by atoms with van der Waals surface area (Å²) in [5.41, 5.74) is 4.67. The molecule has 456 valence electrons. The fourth-order valence-electron chi connectivity index (χ4n) is 11.3. The van der Waals surface area contributed by atoms with Crippen LogP contribution in [0.2, 0.25) is 10.0 Å². The number of hydrogen-bond acceptors (Lipinski definition) is 13. The summed E-state index contributed by atoms with van der Waals surface area (Å²) in [6, 6.07) is 23.8. The van der Waals surface area contributed by atoms with Crippen molar-refractivity contribution in [3.63, 3.8) is 0 Å². The first kappa shape index (κ1) is 64.8. The lowest BCUT2D eigenvalue weighted by atomic mass is 9.95. The average Bonchev–Trinajstić information content (AvgIpc) is 1.04. The highest BCUT2D eigenvalue weighted by Crippen LogP contribution is 2.40. The van der Waals surface area contributed by atoms with Crippen molar-refractivity contribution in [2.24, 2.45) is 0 Å². The number of aryl methyl sites for hydroxylation is 2. The number of piperazine rings is 2. The van der Waals surface area contributed by atoms with Crippen molar-refractivity contribution in [1.82, 2.24) is 38.9 Å². The molecule has 2 fully saturated rings. The van der Waals surface area contributed by atoms with Crippen molar-refractivity contribution in [1.29, 1.82) is 5.26 Å². The van der Waals surface area contributed by atoms with Gasteiger partial charge < -0.3 is 29.8 Å². The molecule has 4 aromatic carbocycles. The molecule has 0 radical (unpaired) electrons. The number of amides is 2. The third-order valence-electron chi connectivity index (χ3n) is 15.5. The number of carbonyl (C=O) groups excluding carboxylic acids is 2. The zero-order valence-electron chi connectivity index (χ0n) is 50.3. The zero-order valence-corrected chi connectivity index (χ0v) is 51.8. The number of hydrogen-bond donors (Lipinski definition) is 2. The SMILES string of the molecule is C=CC(=O)N1CCN(c2nc(=O)n(-c3c(C)cc(C(=O)O)cc3C(C)C)c3nc(-c4ccccc4F)c(Cl)cc23)[C@@H](C)C1.C=CC(=O)N1CCN(c2nc(=O)n(-c3c(C)cc(CO)cc3C(C)C)c3nc(-c4ccccc4F)c(Cl)cc23)[C@@H](C)C1.CC#N. The van der Waals surface area contributed by atoms with E-state index in [0.717, 1.165) is 16.7 Å². The zero-order chi connectivity index (χ0) is 64.2. The highest BCUT2D eigenvalue weighted by Gasteiger charge is 2.33. The topological polar surface area (TPSA) is 224 Å². The Hall–Kier alpha value is -9.16. The van der Waals surface area contributed by atoms with Crippen LogP contribution in [-0.2, 0) is 16.2 Å². The van der Waals surface area contributed by atoms with E-state index in [4.69, 9.17) is 38.4 Å². The summed E-state index contributed by atoms with van der Waals surface area (Å²) in [6.45, 7) is 26.2. The molecule has 4 aromatic heterocycles. The number of anilines is 2. The fraction of sp³-hybridized carbons (Fsp3) is 0.303. The number of pyridine rings is 2. The number of fused-ring (bicyclic) bond motifs is 2. The second-order valence-corrected chi connectivity index (χ2v) is 22.9. The van der Waals surface area contributed by atoms with Crippen LogP contribution in [0.1, 0.15) is 98.5 Å². The summed E-state index contributed by atoms with van der Waals surface area (Å²) >= 11 is 13.5. The molecule has 2 saturated heterocycles. The van der Waals surface area contributed by atoms with Gasteiger partial charge in [0.1, 0.15) is 23.3 Å². The maximum atomic E-state index is 15.0. The molecule has 0 saturated carbocycles. The molecule has 22 heteroatoms. The van der Waals surface area contributed by atoms with E-state index in [1.54, 1.807) is 77.4 Å². The van der Waals surface area contributed by atoms with Gasteiger partial charge in [0.25, 0.3) is 0 Å². The first-order chi connectivity index (χ1) is 41.9. The summed E-state index contributed by atoms with van der Waals surface area (Å²) < 4.78 is 32.8. The first-order valence-corrected chi connectivity index (χ1v) is 29.2. The molecule has 10 rings (SSSR count). The summed E-state index contributed by atoms with van der Waals surface area (Å²) in [7, 11) is 0. The number of carboxylic acid groups (broad SMARTS) is 1. The lowest BCUT2D eigenvalue weighted by Crippen LogP contribution is -2.54. The van der Waals surface area contributed by atoms with Gasteiger partial charge in [-0.25, -0.2) is 42.3 Å². The van der Waals surface area contributed by atoms with Crippen LogP contribution < -0.4 is 21.2 Å². The van der Waals surface area contributed by atoms with Gasteiger partial charge in [-0.2, -0.15) is 15.2 Å². The van der Waals surface area contributed by atoms with E-state index in [1.807, 2.05) is 70.4 Å². The van der Waals surface area contributed by atoms with E-state index in [9.17, 15) is 43.0 Å². The minimum Gasteiger partial charge on any atom is -0.478 e. The van der Waals surface area contributed by atoms with Gasteiger partial charge in [-0.1, -0.05) is 100 Å². The van der Waals surface area contributed by atoms with Crippen LogP contribution in [0.5, 0.6) is 0 Å².